The number of carbonyl (C=O) groups excluding carboxylic acids is 2. The van der Waals surface area contributed by atoms with Gasteiger partial charge in [-0.1, -0.05) is 147 Å². The molecule has 56 heavy (non-hydrogen) atoms. The lowest BCUT2D eigenvalue weighted by atomic mass is 10.00. The van der Waals surface area contributed by atoms with E-state index in [4.69, 9.17) is 18.9 Å². The van der Waals surface area contributed by atoms with E-state index in [-0.39, 0.29) is 19.4 Å². The van der Waals surface area contributed by atoms with E-state index in [0.29, 0.717) is 12.8 Å². The van der Waals surface area contributed by atoms with E-state index in [1.165, 1.54) is 57.8 Å². The topological polar surface area (TPSA) is 186 Å². The summed E-state index contributed by atoms with van der Waals surface area (Å²) < 4.78 is 54.0. The molecule has 0 bridgehead atoms. The van der Waals surface area contributed by atoms with Gasteiger partial charge in [-0.3, -0.25) is 14.1 Å². The Balaban J connectivity index is 2.48. The van der Waals surface area contributed by atoms with E-state index in [0.717, 1.165) is 70.6 Å². The standard InChI is InChI=1S/C43H76O12S/c1-3-5-7-9-11-13-15-17-18-20-21-23-25-27-29-31-38(44)52-33-36(34-53-43-42(48)41(47)40(46)37(55-43)35-56(49,50)51)54-39(45)32-30-28-26-24-22-19-16-14-12-10-8-6-4-2/h5,7,11,13,17-18,36-37,40-43,46-48H,3-4,6,8-10,12,14-16,19-35H2,1-2H3,(H,49,50,51)/b7-5-,13-11-,18-17-/t36-,37-,40-,41?,42?,43+/m1/s1. The van der Waals surface area contributed by atoms with Crippen molar-refractivity contribution in [3.05, 3.63) is 36.5 Å². The third-order valence-corrected chi connectivity index (χ3v) is 10.5. The Kier molecular flexibility index (Phi) is 31.3. The third-order valence-electron chi connectivity index (χ3n) is 9.73. The lowest BCUT2D eigenvalue weighted by Crippen LogP contribution is -2.60. The van der Waals surface area contributed by atoms with Gasteiger partial charge in [-0.25, -0.2) is 0 Å². The quantitative estimate of drug-likeness (QED) is 0.0208. The van der Waals surface area contributed by atoms with Crippen LogP contribution >= 0.6 is 0 Å². The predicted molar refractivity (Wildman–Crippen MR) is 219 cm³/mol. The first-order valence-electron chi connectivity index (χ1n) is 21.5. The molecule has 0 aliphatic carbocycles. The smallest absolute Gasteiger partial charge is 0.306 e. The SMILES string of the molecule is CC/C=C\C/C=C\C/C=C\CCCCCCCC(=O)OC[C@H](CO[C@H]1O[C@H](CS(=O)(=O)O)[C@@H](O)C(O)C1O)OC(=O)CCCCCCCCCCCCCCC. The van der Waals surface area contributed by atoms with Gasteiger partial charge in [0, 0.05) is 12.8 Å². The van der Waals surface area contributed by atoms with E-state index in [2.05, 4.69) is 50.3 Å². The van der Waals surface area contributed by atoms with Gasteiger partial charge >= 0.3 is 11.9 Å². The van der Waals surface area contributed by atoms with Gasteiger partial charge in [-0.2, -0.15) is 8.42 Å². The summed E-state index contributed by atoms with van der Waals surface area (Å²) in [6.45, 7) is 3.62. The van der Waals surface area contributed by atoms with Gasteiger partial charge in [0.25, 0.3) is 10.1 Å². The van der Waals surface area contributed by atoms with Crippen LogP contribution in [0.2, 0.25) is 0 Å². The molecular weight excluding hydrogens is 741 g/mol. The van der Waals surface area contributed by atoms with Gasteiger partial charge in [0.05, 0.1) is 6.61 Å². The molecule has 12 nitrogen and oxygen atoms in total. The Morgan fingerprint density at radius 1 is 0.625 bits per heavy atom. The van der Waals surface area contributed by atoms with Crippen molar-refractivity contribution in [3.63, 3.8) is 0 Å². The van der Waals surface area contributed by atoms with Crippen LogP contribution in [0.25, 0.3) is 0 Å². The first kappa shape index (κ1) is 51.9. The van der Waals surface area contributed by atoms with Crippen LogP contribution in [0.5, 0.6) is 0 Å². The molecule has 1 aliphatic rings. The Hall–Kier alpha value is -2.13. The van der Waals surface area contributed by atoms with Crippen molar-refractivity contribution in [3.8, 4) is 0 Å². The van der Waals surface area contributed by atoms with Crippen molar-refractivity contribution in [2.24, 2.45) is 0 Å². The number of hydrogen-bond donors (Lipinski definition) is 4. The minimum absolute atomic E-state index is 0.163. The maximum atomic E-state index is 12.8. The molecule has 0 aromatic carbocycles. The van der Waals surface area contributed by atoms with E-state index in [1.807, 2.05) is 0 Å². The number of ether oxygens (including phenoxy) is 4. The zero-order valence-corrected chi connectivity index (χ0v) is 35.3. The fourth-order valence-electron chi connectivity index (χ4n) is 6.40. The normalized spacial score (nSPS) is 21.0. The summed E-state index contributed by atoms with van der Waals surface area (Å²) >= 11 is 0. The summed E-state index contributed by atoms with van der Waals surface area (Å²) in [7, 11) is -4.60. The van der Waals surface area contributed by atoms with E-state index in [1.54, 1.807) is 0 Å². The zero-order valence-electron chi connectivity index (χ0n) is 34.5. The minimum atomic E-state index is -4.60. The molecule has 0 radical (unpaired) electrons. The van der Waals surface area contributed by atoms with Gasteiger partial charge in [-0.15, -0.1) is 0 Å². The van der Waals surface area contributed by atoms with Crippen LogP contribution in [0, 0.1) is 0 Å². The highest BCUT2D eigenvalue weighted by molar-refractivity contribution is 7.85. The number of carbonyl (C=O) groups is 2. The fraction of sp³-hybridized carbons (Fsp3) is 0.814. The molecule has 326 valence electrons. The van der Waals surface area contributed by atoms with E-state index in [9.17, 15) is 37.9 Å². The number of esters is 2. The Morgan fingerprint density at radius 2 is 1.12 bits per heavy atom. The molecule has 0 spiro atoms. The number of allylic oxidation sites excluding steroid dienone is 6. The molecule has 13 heteroatoms. The van der Waals surface area contributed by atoms with Crippen molar-refractivity contribution in [1.29, 1.82) is 0 Å². The Labute approximate surface area is 338 Å². The first-order chi connectivity index (χ1) is 27.0. The molecule has 0 amide bonds. The van der Waals surface area contributed by atoms with Crippen LogP contribution in [0.4, 0.5) is 0 Å². The predicted octanol–water partition coefficient (Wildman–Crippen LogP) is 8.22. The summed E-state index contributed by atoms with van der Waals surface area (Å²) in [6, 6.07) is 0. The van der Waals surface area contributed by atoms with Crippen LogP contribution in [-0.4, -0.2) is 96.0 Å². The molecule has 1 heterocycles. The molecule has 1 rings (SSSR count). The molecule has 1 fully saturated rings. The van der Waals surface area contributed by atoms with Crippen LogP contribution in [0.3, 0.4) is 0 Å². The lowest BCUT2D eigenvalue weighted by molar-refractivity contribution is -0.297. The maximum absolute atomic E-state index is 12.8. The number of aliphatic hydroxyl groups is 3. The Bertz CT molecular complexity index is 1190. The van der Waals surface area contributed by atoms with Crippen LogP contribution in [0.1, 0.15) is 168 Å². The van der Waals surface area contributed by atoms with Crippen LogP contribution in [-0.2, 0) is 38.7 Å². The second kappa shape index (κ2) is 33.8. The summed E-state index contributed by atoms with van der Waals surface area (Å²) in [5.41, 5.74) is 0. The number of unbranched alkanes of at least 4 members (excludes halogenated alkanes) is 17. The van der Waals surface area contributed by atoms with Crippen molar-refractivity contribution in [1.82, 2.24) is 0 Å². The third kappa shape index (κ3) is 28.3. The van der Waals surface area contributed by atoms with E-state index < -0.39 is 71.2 Å². The molecule has 1 aliphatic heterocycles. The van der Waals surface area contributed by atoms with Crippen molar-refractivity contribution in [2.45, 2.75) is 205 Å². The molecular formula is C43H76O12S. The van der Waals surface area contributed by atoms with Crippen molar-refractivity contribution < 1.29 is 56.8 Å². The first-order valence-corrected chi connectivity index (χ1v) is 23.2. The Morgan fingerprint density at radius 3 is 1.68 bits per heavy atom. The van der Waals surface area contributed by atoms with Crippen LogP contribution < -0.4 is 0 Å². The highest BCUT2D eigenvalue weighted by atomic mass is 32.2. The zero-order chi connectivity index (χ0) is 41.3. The summed E-state index contributed by atoms with van der Waals surface area (Å²) in [6.07, 6.45) is 27.6. The molecule has 1 saturated heterocycles. The highest BCUT2D eigenvalue weighted by Gasteiger charge is 2.46. The van der Waals surface area contributed by atoms with Gasteiger partial charge < -0.3 is 34.3 Å². The number of aliphatic hydroxyl groups excluding tert-OH is 3. The average molecular weight is 817 g/mol. The molecule has 0 saturated carbocycles. The highest BCUT2D eigenvalue weighted by Crippen LogP contribution is 2.24. The summed E-state index contributed by atoms with van der Waals surface area (Å²) in [4.78, 5) is 25.3. The largest absolute Gasteiger partial charge is 0.462 e. The van der Waals surface area contributed by atoms with Crippen molar-refractivity contribution in [2.75, 3.05) is 19.0 Å². The monoisotopic (exact) mass is 817 g/mol. The molecule has 2 unspecified atom stereocenters. The second-order valence-electron chi connectivity index (χ2n) is 15.0. The molecule has 6 atom stereocenters. The number of hydrogen-bond acceptors (Lipinski definition) is 11. The average Bonchev–Trinajstić information content (AvgIpc) is 3.16. The minimum Gasteiger partial charge on any atom is -0.462 e. The molecule has 0 aromatic rings. The number of rotatable bonds is 35. The maximum Gasteiger partial charge on any atom is 0.306 e. The second-order valence-corrected chi connectivity index (χ2v) is 16.5. The molecule has 4 N–H and O–H groups in total. The fourth-order valence-corrected chi connectivity index (χ4v) is 7.09. The van der Waals surface area contributed by atoms with Gasteiger partial charge in [-0.05, 0) is 44.9 Å². The van der Waals surface area contributed by atoms with Gasteiger partial charge in [0.15, 0.2) is 12.4 Å². The van der Waals surface area contributed by atoms with Crippen molar-refractivity contribution >= 4 is 22.1 Å². The lowest BCUT2D eigenvalue weighted by Gasteiger charge is -2.40. The summed E-state index contributed by atoms with van der Waals surface area (Å²) in [5.74, 6) is -2.00. The van der Waals surface area contributed by atoms with Gasteiger partial charge in [0.1, 0.15) is 36.8 Å². The van der Waals surface area contributed by atoms with Gasteiger partial charge in [0.2, 0.25) is 0 Å². The van der Waals surface area contributed by atoms with Crippen LogP contribution in [0.15, 0.2) is 36.5 Å². The molecule has 0 aromatic heterocycles. The van der Waals surface area contributed by atoms with E-state index >= 15 is 0 Å². The summed E-state index contributed by atoms with van der Waals surface area (Å²) in [5, 5.41) is 30.8.